The molecule has 6 nitrogen and oxygen atoms in total. The van der Waals surface area contributed by atoms with Crippen LogP contribution in [-0.4, -0.2) is 50.2 Å². The van der Waals surface area contributed by atoms with Crippen molar-refractivity contribution in [3.63, 3.8) is 0 Å². The number of nitrogens with zero attached hydrogens (tertiary/aromatic N) is 1. The van der Waals surface area contributed by atoms with E-state index >= 15 is 0 Å². The predicted molar refractivity (Wildman–Crippen MR) is 81.3 cm³/mol. The number of piperidine rings is 1. The van der Waals surface area contributed by atoms with Gasteiger partial charge in [-0.1, -0.05) is 0 Å². The van der Waals surface area contributed by atoms with Crippen molar-refractivity contribution in [2.24, 2.45) is 0 Å². The van der Waals surface area contributed by atoms with Crippen LogP contribution in [0, 0.1) is 6.92 Å². The number of aryl methyl sites for hydroxylation is 1. The maximum atomic E-state index is 12.5. The highest BCUT2D eigenvalue weighted by Gasteiger charge is 2.26. The number of carbonyl (C=O) groups excluding carboxylic acids is 1. The Morgan fingerprint density at radius 3 is 2.59 bits per heavy atom. The van der Waals surface area contributed by atoms with Crippen LogP contribution in [0.4, 0.5) is 0 Å². The predicted octanol–water partition coefficient (Wildman–Crippen LogP) is 0.888. The van der Waals surface area contributed by atoms with E-state index in [4.69, 9.17) is 9.15 Å². The van der Waals surface area contributed by atoms with Crippen LogP contribution in [0.15, 0.2) is 15.3 Å². The number of hydrogen-bond donors (Lipinski definition) is 1. The van der Waals surface area contributed by atoms with Crippen molar-refractivity contribution in [3.8, 4) is 0 Å². The first kappa shape index (κ1) is 15.2. The normalized spacial score (nSPS) is 20.1. The molecule has 0 saturated carbocycles. The van der Waals surface area contributed by atoms with Crippen molar-refractivity contribution in [1.82, 2.24) is 10.2 Å². The average Bonchev–Trinajstić information content (AvgIpc) is 2.55. The van der Waals surface area contributed by atoms with Gasteiger partial charge in [0.05, 0.1) is 13.2 Å². The van der Waals surface area contributed by atoms with Crippen LogP contribution in [0.2, 0.25) is 0 Å². The molecule has 0 unspecified atom stereocenters. The maximum Gasteiger partial charge on any atom is 0.349 e. The fourth-order valence-electron chi connectivity index (χ4n) is 3.12. The fraction of sp³-hybridized carbons (Fsp3) is 0.625. The molecule has 6 heteroatoms. The summed E-state index contributed by atoms with van der Waals surface area (Å²) in [4.78, 5) is 26.5. The SMILES string of the molecule is Cc1cc(C2CCNCC2)oc(=O)c1C(=O)N1CCOCC1. The van der Waals surface area contributed by atoms with E-state index in [-0.39, 0.29) is 17.4 Å². The summed E-state index contributed by atoms with van der Waals surface area (Å²) < 4.78 is 10.7. The van der Waals surface area contributed by atoms with E-state index in [1.54, 1.807) is 4.90 Å². The van der Waals surface area contributed by atoms with Crippen molar-refractivity contribution in [2.75, 3.05) is 39.4 Å². The third-order valence-corrected chi connectivity index (χ3v) is 4.42. The van der Waals surface area contributed by atoms with E-state index in [0.717, 1.165) is 25.9 Å². The van der Waals surface area contributed by atoms with Gasteiger partial charge in [0.1, 0.15) is 11.3 Å². The van der Waals surface area contributed by atoms with E-state index in [2.05, 4.69) is 5.32 Å². The smallest absolute Gasteiger partial charge is 0.349 e. The van der Waals surface area contributed by atoms with Crippen LogP contribution in [-0.2, 0) is 4.74 Å². The molecule has 0 radical (unpaired) electrons. The Kier molecular flexibility index (Phi) is 4.59. The second-order valence-electron chi connectivity index (χ2n) is 5.92. The van der Waals surface area contributed by atoms with E-state index in [9.17, 15) is 9.59 Å². The third kappa shape index (κ3) is 3.08. The second kappa shape index (κ2) is 6.62. The van der Waals surface area contributed by atoms with Gasteiger partial charge in [-0.15, -0.1) is 0 Å². The van der Waals surface area contributed by atoms with Gasteiger partial charge >= 0.3 is 5.63 Å². The minimum atomic E-state index is -0.509. The van der Waals surface area contributed by atoms with Gasteiger partial charge in [0.15, 0.2) is 0 Å². The molecule has 120 valence electrons. The molecule has 3 heterocycles. The monoisotopic (exact) mass is 306 g/mol. The molecule has 3 rings (SSSR count). The number of morpholine rings is 1. The quantitative estimate of drug-likeness (QED) is 0.878. The summed E-state index contributed by atoms with van der Waals surface area (Å²) in [5.41, 5.74) is 0.367. The number of amides is 1. The molecule has 2 aliphatic heterocycles. The molecule has 1 aromatic rings. The number of hydrogen-bond acceptors (Lipinski definition) is 5. The first-order valence-corrected chi connectivity index (χ1v) is 7.89. The Labute approximate surface area is 129 Å². The van der Waals surface area contributed by atoms with Crippen molar-refractivity contribution in [3.05, 3.63) is 33.4 Å². The van der Waals surface area contributed by atoms with Crippen molar-refractivity contribution in [2.45, 2.75) is 25.7 Å². The van der Waals surface area contributed by atoms with Gasteiger partial charge in [-0.25, -0.2) is 4.79 Å². The van der Waals surface area contributed by atoms with Crippen molar-refractivity contribution >= 4 is 5.91 Å². The molecule has 0 aromatic carbocycles. The molecule has 1 aromatic heterocycles. The average molecular weight is 306 g/mol. The minimum Gasteiger partial charge on any atom is -0.427 e. The minimum absolute atomic E-state index is 0.166. The second-order valence-corrected chi connectivity index (χ2v) is 5.92. The molecule has 1 N–H and O–H groups in total. The summed E-state index contributed by atoms with van der Waals surface area (Å²) in [6, 6.07) is 1.87. The first-order valence-electron chi connectivity index (χ1n) is 7.89. The molecular weight excluding hydrogens is 284 g/mol. The van der Waals surface area contributed by atoms with Crippen LogP contribution in [0.1, 0.15) is 40.4 Å². The highest BCUT2D eigenvalue weighted by molar-refractivity contribution is 5.95. The molecule has 0 aliphatic carbocycles. The molecular formula is C16H22N2O4. The molecule has 22 heavy (non-hydrogen) atoms. The van der Waals surface area contributed by atoms with Crippen LogP contribution in [0.3, 0.4) is 0 Å². The third-order valence-electron chi connectivity index (χ3n) is 4.42. The standard InChI is InChI=1S/C16H22N2O4/c1-11-10-13(12-2-4-17-5-3-12)22-16(20)14(11)15(19)18-6-8-21-9-7-18/h10,12,17H,2-9H2,1H3. The maximum absolute atomic E-state index is 12.5. The topological polar surface area (TPSA) is 71.8 Å². The molecule has 2 saturated heterocycles. The molecule has 1 amide bonds. The number of rotatable bonds is 2. The van der Waals surface area contributed by atoms with Crippen LogP contribution in [0.25, 0.3) is 0 Å². The Bertz CT molecular complexity index is 599. The zero-order valence-corrected chi connectivity index (χ0v) is 12.9. The van der Waals surface area contributed by atoms with Gasteiger partial charge < -0.3 is 19.4 Å². The number of ether oxygens (including phenoxy) is 1. The largest absolute Gasteiger partial charge is 0.427 e. The Hall–Kier alpha value is -1.66. The van der Waals surface area contributed by atoms with Crippen LogP contribution in [0.5, 0.6) is 0 Å². The Balaban J connectivity index is 1.86. The van der Waals surface area contributed by atoms with E-state index in [0.29, 0.717) is 37.6 Å². The van der Waals surface area contributed by atoms with Crippen molar-refractivity contribution < 1.29 is 13.9 Å². The van der Waals surface area contributed by atoms with Gasteiger partial charge in [0.25, 0.3) is 5.91 Å². The first-order chi connectivity index (χ1) is 10.7. The van der Waals surface area contributed by atoms with Gasteiger partial charge in [-0.2, -0.15) is 0 Å². The van der Waals surface area contributed by atoms with Crippen LogP contribution < -0.4 is 10.9 Å². The lowest BCUT2D eigenvalue weighted by Gasteiger charge is -2.27. The molecule has 0 spiro atoms. The summed E-state index contributed by atoms with van der Waals surface area (Å²) in [7, 11) is 0. The zero-order valence-electron chi connectivity index (χ0n) is 12.9. The summed E-state index contributed by atoms with van der Waals surface area (Å²) in [5.74, 6) is 0.731. The van der Waals surface area contributed by atoms with E-state index in [1.807, 2.05) is 13.0 Å². The van der Waals surface area contributed by atoms with Gasteiger partial charge in [-0.05, 0) is 44.5 Å². The lowest BCUT2D eigenvalue weighted by atomic mass is 9.94. The Morgan fingerprint density at radius 1 is 1.27 bits per heavy atom. The number of carbonyl (C=O) groups is 1. The number of nitrogens with one attached hydrogen (secondary N) is 1. The molecule has 2 fully saturated rings. The summed E-state index contributed by atoms with van der Waals surface area (Å²) in [5, 5.41) is 3.29. The molecule has 2 aliphatic rings. The zero-order chi connectivity index (χ0) is 15.5. The summed E-state index contributed by atoms with van der Waals surface area (Å²) >= 11 is 0. The van der Waals surface area contributed by atoms with E-state index in [1.165, 1.54) is 0 Å². The molecule has 0 bridgehead atoms. The van der Waals surface area contributed by atoms with E-state index < -0.39 is 5.63 Å². The van der Waals surface area contributed by atoms with Gasteiger partial charge in [0.2, 0.25) is 0 Å². The lowest BCUT2D eigenvalue weighted by Crippen LogP contribution is -2.42. The van der Waals surface area contributed by atoms with Crippen LogP contribution >= 0.6 is 0 Å². The molecule has 0 atom stereocenters. The Morgan fingerprint density at radius 2 is 1.95 bits per heavy atom. The fourth-order valence-corrected chi connectivity index (χ4v) is 3.12. The highest BCUT2D eigenvalue weighted by Crippen LogP contribution is 2.25. The highest BCUT2D eigenvalue weighted by atomic mass is 16.5. The lowest BCUT2D eigenvalue weighted by molar-refractivity contribution is 0.0299. The summed E-state index contributed by atoms with van der Waals surface area (Å²) in [6.07, 6.45) is 1.91. The summed E-state index contributed by atoms with van der Waals surface area (Å²) in [6.45, 7) is 5.76. The van der Waals surface area contributed by atoms with Gasteiger partial charge in [0, 0.05) is 19.0 Å². The van der Waals surface area contributed by atoms with Gasteiger partial charge in [-0.3, -0.25) is 4.79 Å². The van der Waals surface area contributed by atoms with Crippen molar-refractivity contribution in [1.29, 1.82) is 0 Å².